The van der Waals surface area contributed by atoms with Gasteiger partial charge in [0.05, 0.1) is 0 Å². The average Bonchev–Trinajstić information content (AvgIpc) is 2.03. The molecule has 0 aliphatic carbocycles. The summed E-state index contributed by atoms with van der Waals surface area (Å²) in [4.78, 5) is 0. The van der Waals surface area contributed by atoms with Gasteiger partial charge in [0.15, 0.2) is 0 Å². The van der Waals surface area contributed by atoms with E-state index in [2.05, 4.69) is 46.6 Å². The van der Waals surface area contributed by atoms with E-state index in [1.54, 1.807) is 0 Å². The zero-order valence-corrected chi connectivity index (χ0v) is 8.11. The lowest BCUT2D eigenvalue weighted by molar-refractivity contribution is 0.910. The van der Waals surface area contributed by atoms with Crippen LogP contribution < -0.4 is 0 Å². The molecule has 0 N–H and O–H groups in total. The largest absolute Gasteiger partial charge is 0.106 e. The molecular weight excluding hydrogens is 132 g/mol. The van der Waals surface area contributed by atoms with Crippen molar-refractivity contribution >= 4 is 0 Å². The van der Waals surface area contributed by atoms with Crippen LogP contribution in [0, 0.1) is 0 Å². The Bertz CT molecular complexity index is 129. The predicted molar refractivity (Wildman–Crippen MR) is 54.7 cm³/mol. The highest BCUT2D eigenvalue weighted by Crippen LogP contribution is 2.12. The summed E-state index contributed by atoms with van der Waals surface area (Å²) in [7, 11) is 0. The lowest BCUT2D eigenvalue weighted by Gasteiger charge is -2.01. The van der Waals surface area contributed by atoms with E-state index in [0.29, 0.717) is 0 Å². The lowest BCUT2D eigenvalue weighted by atomic mass is 10.0. The van der Waals surface area contributed by atoms with E-state index < -0.39 is 0 Å². The van der Waals surface area contributed by atoms with Crippen molar-refractivity contribution < 1.29 is 0 Å². The van der Waals surface area contributed by atoms with Crippen LogP contribution in [-0.4, -0.2) is 0 Å². The summed E-state index contributed by atoms with van der Waals surface area (Å²) in [6, 6.07) is 0. The zero-order valence-electron chi connectivity index (χ0n) is 8.11. The first-order valence-corrected chi connectivity index (χ1v) is 4.03. The second-order valence-electron chi connectivity index (χ2n) is 2.34. The quantitative estimate of drug-likeness (QED) is 0.421. The van der Waals surface area contributed by atoms with Crippen LogP contribution in [0.1, 0.15) is 33.6 Å². The molecule has 0 bridgehead atoms. The molecule has 0 unspecified atom stereocenters. The molecule has 0 amide bonds. The third-order valence-corrected chi connectivity index (χ3v) is 1.42. The summed E-state index contributed by atoms with van der Waals surface area (Å²) in [5.74, 6) is 0. The Morgan fingerprint density at radius 1 is 1.36 bits per heavy atom. The van der Waals surface area contributed by atoms with Gasteiger partial charge in [0.2, 0.25) is 0 Å². The van der Waals surface area contributed by atoms with Crippen molar-refractivity contribution in [2.75, 3.05) is 0 Å². The Labute approximate surface area is 71.3 Å². The maximum Gasteiger partial charge on any atom is -0.0282 e. The molecule has 0 radical (unpaired) electrons. The van der Waals surface area contributed by atoms with Gasteiger partial charge in [-0.25, -0.2) is 0 Å². The summed E-state index contributed by atoms with van der Waals surface area (Å²) in [6.07, 6.45) is 4.53. The summed E-state index contributed by atoms with van der Waals surface area (Å²) in [6.45, 7) is 16.2. The van der Waals surface area contributed by atoms with Gasteiger partial charge < -0.3 is 0 Å². The highest BCUT2D eigenvalue weighted by molar-refractivity contribution is 5.24. The van der Waals surface area contributed by atoms with Crippen LogP contribution in [0.2, 0.25) is 0 Å². The Morgan fingerprint density at radius 2 is 1.82 bits per heavy atom. The SMILES string of the molecule is C=C.C=C(C)/C(=C\C)CCC. The van der Waals surface area contributed by atoms with Crippen molar-refractivity contribution in [2.24, 2.45) is 0 Å². The molecule has 0 aromatic carbocycles. The highest BCUT2D eigenvalue weighted by atomic mass is 14.0. The molecule has 64 valence electrons. The van der Waals surface area contributed by atoms with Crippen LogP contribution in [0.4, 0.5) is 0 Å². The molecule has 11 heavy (non-hydrogen) atoms. The second-order valence-corrected chi connectivity index (χ2v) is 2.34. The molecule has 0 aromatic rings. The Balaban J connectivity index is 0. The van der Waals surface area contributed by atoms with Gasteiger partial charge in [0.25, 0.3) is 0 Å². The smallest absolute Gasteiger partial charge is 0.0282 e. The first-order valence-electron chi connectivity index (χ1n) is 4.03. The van der Waals surface area contributed by atoms with Gasteiger partial charge in [-0.15, -0.1) is 13.2 Å². The molecule has 0 nitrogen and oxygen atoms in total. The Kier molecular flexibility index (Phi) is 10.8. The minimum atomic E-state index is 1.17. The van der Waals surface area contributed by atoms with Crippen molar-refractivity contribution in [2.45, 2.75) is 33.6 Å². The molecule has 0 saturated carbocycles. The number of hydrogen-bond donors (Lipinski definition) is 0. The van der Waals surface area contributed by atoms with E-state index in [0.717, 1.165) is 0 Å². The summed E-state index contributed by atoms with van der Waals surface area (Å²) in [5.41, 5.74) is 2.61. The molecule has 0 rings (SSSR count). The highest BCUT2D eigenvalue weighted by Gasteiger charge is 1.92. The molecule has 0 atom stereocenters. The van der Waals surface area contributed by atoms with Crippen molar-refractivity contribution in [1.82, 2.24) is 0 Å². The molecule has 0 aliphatic rings. The van der Waals surface area contributed by atoms with E-state index >= 15 is 0 Å². The van der Waals surface area contributed by atoms with Gasteiger partial charge in [0.1, 0.15) is 0 Å². The first-order chi connectivity index (χ1) is 5.22. The summed E-state index contributed by atoms with van der Waals surface area (Å²) >= 11 is 0. The van der Waals surface area contributed by atoms with Gasteiger partial charge >= 0.3 is 0 Å². The van der Waals surface area contributed by atoms with Gasteiger partial charge in [-0.05, 0) is 25.8 Å². The molecule has 0 heterocycles. The third-order valence-electron chi connectivity index (χ3n) is 1.42. The number of hydrogen-bond acceptors (Lipinski definition) is 0. The number of rotatable bonds is 3. The van der Waals surface area contributed by atoms with E-state index in [4.69, 9.17) is 0 Å². The predicted octanol–water partition coefficient (Wildman–Crippen LogP) is 4.11. The molecule has 0 aliphatic heterocycles. The van der Waals surface area contributed by atoms with E-state index in [1.165, 1.54) is 24.0 Å². The maximum absolute atomic E-state index is 3.88. The second kappa shape index (κ2) is 9.22. The van der Waals surface area contributed by atoms with Gasteiger partial charge in [-0.3, -0.25) is 0 Å². The lowest BCUT2D eigenvalue weighted by Crippen LogP contribution is -1.81. The molecule has 0 fully saturated rings. The fourth-order valence-corrected chi connectivity index (χ4v) is 0.873. The minimum absolute atomic E-state index is 1.17. The molecule has 0 aromatic heterocycles. The van der Waals surface area contributed by atoms with E-state index in [1.807, 2.05) is 0 Å². The van der Waals surface area contributed by atoms with E-state index in [-0.39, 0.29) is 0 Å². The molecule has 0 spiro atoms. The number of allylic oxidation sites excluding steroid dienone is 3. The summed E-state index contributed by atoms with van der Waals surface area (Å²) < 4.78 is 0. The van der Waals surface area contributed by atoms with Gasteiger partial charge in [-0.1, -0.05) is 31.6 Å². The molecular formula is C11H20. The van der Waals surface area contributed by atoms with Crippen LogP contribution in [0.15, 0.2) is 37.0 Å². The maximum atomic E-state index is 3.88. The monoisotopic (exact) mass is 152 g/mol. The normalized spacial score (nSPS) is 9.91. The van der Waals surface area contributed by atoms with Crippen LogP contribution >= 0.6 is 0 Å². The molecule has 0 saturated heterocycles. The van der Waals surface area contributed by atoms with Crippen LogP contribution in [-0.2, 0) is 0 Å². The van der Waals surface area contributed by atoms with Crippen molar-refractivity contribution in [3.8, 4) is 0 Å². The Morgan fingerprint density at radius 3 is 1.91 bits per heavy atom. The van der Waals surface area contributed by atoms with Crippen LogP contribution in [0.25, 0.3) is 0 Å². The average molecular weight is 152 g/mol. The fraction of sp³-hybridized carbons (Fsp3) is 0.455. The fourth-order valence-electron chi connectivity index (χ4n) is 0.873. The standard InChI is InChI=1S/C9H16.C2H4/c1-5-7-9(6-2)8(3)4;1-2/h6H,3,5,7H2,1-2,4H3;1-2H2/b9-6-;. The van der Waals surface area contributed by atoms with E-state index in [9.17, 15) is 0 Å². The molecule has 0 heteroatoms. The van der Waals surface area contributed by atoms with Gasteiger partial charge in [0, 0.05) is 0 Å². The summed E-state index contributed by atoms with van der Waals surface area (Å²) in [5, 5.41) is 0. The zero-order chi connectivity index (χ0) is 9.28. The topological polar surface area (TPSA) is 0 Å². The van der Waals surface area contributed by atoms with Crippen LogP contribution in [0.3, 0.4) is 0 Å². The third kappa shape index (κ3) is 7.11. The van der Waals surface area contributed by atoms with Crippen molar-refractivity contribution in [1.29, 1.82) is 0 Å². The first kappa shape index (κ1) is 12.9. The van der Waals surface area contributed by atoms with Crippen LogP contribution in [0.5, 0.6) is 0 Å². The van der Waals surface area contributed by atoms with Gasteiger partial charge in [-0.2, -0.15) is 0 Å². The van der Waals surface area contributed by atoms with Crippen molar-refractivity contribution in [3.63, 3.8) is 0 Å². The van der Waals surface area contributed by atoms with Crippen molar-refractivity contribution in [3.05, 3.63) is 37.0 Å². The Hall–Kier alpha value is -0.780. The minimum Gasteiger partial charge on any atom is -0.106 e.